The summed E-state index contributed by atoms with van der Waals surface area (Å²) in [5.74, 6) is 0.988. The lowest BCUT2D eigenvalue weighted by Crippen LogP contribution is -2.41. The summed E-state index contributed by atoms with van der Waals surface area (Å²) in [7, 11) is 2.15. The number of ether oxygens (including phenoxy) is 1. The van der Waals surface area contributed by atoms with E-state index in [1.165, 1.54) is 23.7 Å². The van der Waals surface area contributed by atoms with Crippen molar-refractivity contribution < 1.29 is 14.3 Å². The molecule has 3 aliphatic rings. The van der Waals surface area contributed by atoms with Crippen LogP contribution in [0, 0.1) is 0 Å². The van der Waals surface area contributed by atoms with Crippen molar-refractivity contribution in [2.24, 2.45) is 0 Å². The van der Waals surface area contributed by atoms with Gasteiger partial charge < -0.3 is 24.1 Å². The Morgan fingerprint density at radius 3 is 2.58 bits per heavy atom. The van der Waals surface area contributed by atoms with Gasteiger partial charge in [0.25, 0.3) is 11.5 Å². The van der Waals surface area contributed by atoms with Gasteiger partial charge in [-0.3, -0.25) is 19.3 Å². The number of hydrogen-bond donors (Lipinski definition) is 1. The molecule has 11 nitrogen and oxygen atoms in total. The largest absolute Gasteiger partial charge is 0.461 e. The molecule has 1 fully saturated rings. The molecule has 4 aromatic rings. The zero-order valence-electron chi connectivity index (χ0n) is 28.0. The highest BCUT2D eigenvalue weighted by Gasteiger charge is 2.33. The van der Waals surface area contributed by atoms with Gasteiger partial charge in [0, 0.05) is 62.0 Å². The van der Waals surface area contributed by atoms with Crippen molar-refractivity contribution >= 4 is 29.2 Å². The lowest BCUT2D eigenvalue weighted by atomic mass is 9.91. The molecule has 0 unspecified atom stereocenters. The normalized spacial score (nSPS) is 16.8. The average Bonchev–Trinajstić information content (AvgIpc) is 3.49. The summed E-state index contributed by atoms with van der Waals surface area (Å²) in [6, 6.07) is 9.72. The maximum Gasteiger partial charge on any atom is 0.302 e. The van der Waals surface area contributed by atoms with E-state index in [0.29, 0.717) is 54.1 Å². The molecule has 2 aliphatic heterocycles. The standard InChI is InChI=1S/C37H43N7O4/c1-4-42-22-28(19-31(36(42)46)40-34-10-9-27(21-39-34)25-12-15-41(3)16-13-25)29-11-14-38-35(30(29)23-48-24(2)45)44-18-17-43-32-8-6-5-7-26(32)20-33(43)37(44)47/h9-11,14,19-22,25H,4-8,12-13,15-18,23H2,1-3H3,(H,39,40). The van der Waals surface area contributed by atoms with Crippen LogP contribution in [-0.4, -0.2) is 62.6 Å². The van der Waals surface area contributed by atoms with Gasteiger partial charge in [0.2, 0.25) is 0 Å². The maximum atomic E-state index is 14.0. The second-order valence-electron chi connectivity index (χ2n) is 13.2. The Labute approximate surface area is 280 Å². The van der Waals surface area contributed by atoms with Gasteiger partial charge >= 0.3 is 5.97 Å². The van der Waals surface area contributed by atoms with Crippen LogP contribution in [0.15, 0.2) is 53.7 Å². The Morgan fingerprint density at radius 2 is 1.83 bits per heavy atom. The van der Waals surface area contributed by atoms with Crippen molar-refractivity contribution in [3.05, 3.63) is 87.4 Å². The molecule has 250 valence electrons. The average molecular weight is 650 g/mol. The summed E-state index contributed by atoms with van der Waals surface area (Å²) in [5.41, 5.74) is 6.71. The van der Waals surface area contributed by atoms with Gasteiger partial charge in [-0.05, 0) is 112 Å². The molecule has 0 atom stereocenters. The van der Waals surface area contributed by atoms with Gasteiger partial charge in [-0.2, -0.15) is 0 Å². The third-order valence-electron chi connectivity index (χ3n) is 10.1. The highest BCUT2D eigenvalue weighted by molar-refractivity contribution is 6.06. The lowest BCUT2D eigenvalue weighted by molar-refractivity contribution is -0.142. The highest BCUT2D eigenvalue weighted by atomic mass is 16.5. The minimum Gasteiger partial charge on any atom is -0.461 e. The number of piperidine rings is 1. The number of pyridine rings is 3. The number of carbonyl (C=O) groups is 2. The van der Waals surface area contributed by atoms with E-state index in [-0.39, 0.29) is 18.1 Å². The Balaban J connectivity index is 1.23. The molecule has 11 heteroatoms. The summed E-state index contributed by atoms with van der Waals surface area (Å²) < 4.78 is 9.36. The topological polar surface area (TPSA) is 115 Å². The number of likely N-dealkylation sites (tertiary alicyclic amines) is 1. The summed E-state index contributed by atoms with van der Waals surface area (Å²) in [4.78, 5) is 53.0. The van der Waals surface area contributed by atoms with E-state index in [1.807, 2.05) is 31.3 Å². The van der Waals surface area contributed by atoms with Crippen LogP contribution in [0.2, 0.25) is 0 Å². The van der Waals surface area contributed by atoms with Crippen molar-refractivity contribution in [2.45, 2.75) is 78.0 Å². The minimum atomic E-state index is -0.432. The maximum absolute atomic E-state index is 14.0. The first kappa shape index (κ1) is 31.8. The fourth-order valence-corrected chi connectivity index (χ4v) is 7.45. The van der Waals surface area contributed by atoms with Crippen LogP contribution in [0.3, 0.4) is 0 Å². The van der Waals surface area contributed by atoms with Crippen molar-refractivity contribution in [3.63, 3.8) is 0 Å². The van der Waals surface area contributed by atoms with Crippen molar-refractivity contribution in [1.82, 2.24) is 24.0 Å². The summed E-state index contributed by atoms with van der Waals surface area (Å²) in [6.07, 6.45) is 11.9. The fourth-order valence-electron chi connectivity index (χ4n) is 7.45. The van der Waals surface area contributed by atoms with Gasteiger partial charge in [-0.1, -0.05) is 6.07 Å². The number of nitrogens with one attached hydrogen (secondary N) is 1. The molecule has 48 heavy (non-hydrogen) atoms. The fraction of sp³-hybridized carbons (Fsp3) is 0.432. The zero-order chi connectivity index (χ0) is 33.4. The highest BCUT2D eigenvalue weighted by Crippen LogP contribution is 2.35. The molecule has 4 aromatic heterocycles. The number of esters is 1. The molecule has 1 saturated heterocycles. The molecular formula is C37H43N7O4. The number of nitrogens with zero attached hydrogens (tertiary/aromatic N) is 6. The Hall–Kier alpha value is -4.77. The molecule has 1 N–H and O–H groups in total. The Morgan fingerprint density at radius 1 is 1.02 bits per heavy atom. The molecule has 1 aliphatic carbocycles. The smallest absolute Gasteiger partial charge is 0.302 e. The zero-order valence-corrected chi connectivity index (χ0v) is 28.0. The molecule has 6 heterocycles. The number of aryl methyl sites for hydroxylation is 2. The van der Waals surface area contributed by atoms with Crippen LogP contribution in [0.1, 0.15) is 78.3 Å². The first-order valence-electron chi connectivity index (χ1n) is 17.1. The monoisotopic (exact) mass is 649 g/mol. The van der Waals surface area contributed by atoms with Crippen molar-refractivity contribution in [2.75, 3.05) is 36.9 Å². The van der Waals surface area contributed by atoms with Crippen LogP contribution in [0.25, 0.3) is 11.1 Å². The van der Waals surface area contributed by atoms with E-state index >= 15 is 0 Å². The first-order chi connectivity index (χ1) is 23.3. The number of carbonyl (C=O) groups excluding carboxylic acids is 2. The Kier molecular flexibility index (Phi) is 8.87. The molecule has 0 radical (unpaired) electrons. The van der Waals surface area contributed by atoms with E-state index in [1.54, 1.807) is 27.9 Å². The summed E-state index contributed by atoms with van der Waals surface area (Å²) >= 11 is 0. The predicted molar refractivity (Wildman–Crippen MR) is 185 cm³/mol. The van der Waals surface area contributed by atoms with E-state index in [0.717, 1.165) is 62.7 Å². The van der Waals surface area contributed by atoms with Crippen LogP contribution in [-0.2, 0) is 42.1 Å². The summed E-state index contributed by atoms with van der Waals surface area (Å²) in [6.45, 7) is 6.95. The number of fused-ring (bicyclic) bond motifs is 3. The van der Waals surface area contributed by atoms with E-state index in [9.17, 15) is 14.4 Å². The van der Waals surface area contributed by atoms with Gasteiger partial charge in [-0.15, -0.1) is 0 Å². The second-order valence-corrected chi connectivity index (χ2v) is 13.2. The van der Waals surface area contributed by atoms with Gasteiger partial charge in [0.05, 0.1) is 0 Å². The SMILES string of the molecule is CCn1cc(-c2ccnc(N3CCn4c(cc5c4CCCC5)C3=O)c2COC(C)=O)cc(Nc2ccc(C3CCN(C)CC3)cn2)c1=O. The third-order valence-corrected chi connectivity index (χ3v) is 10.1. The molecule has 0 bridgehead atoms. The van der Waals surface area contributed by atoms with Gasteiger partial charge in [0.15, 0.2) is 0 Å². The van der Waals surface area contributed by atoms with Crippen LogP contribution >= 0.6 is 0 Å². The van der Waals surface area contributed by atoms with Crippen molar-refractivity contribution in [3.8, 4) is 11.1 Å². The van der Waals surface area contributed by atoms with E-state index in [2.05, 4.69) is 37.9 Å². The molecule has 0 spiro atoms. The quantitative estimate of drug-likeness (QED) is 0.257. The third kappa shape index (κ3) is 6.14. The minimum absolute atomic E-state index is 0.0663. The Bertz CT molecular complexity index is 1900. The molecule has 7 rings (SSSR count). The van der Waals surface area contributed by atoms with Crippen molar-refractivity contribution in [1.29, 1.82) is 0 Å². The first-order valence-corrected chi connectivity index (χ1v) is 17.1. The molecule has 0 saturated carbocycles. The van der Waals surface area contributed by atoms with Gasteiger partial charge in [-0.25, -0.2) is 9.97 Å². The van der Waals surface area contributed by atoms with E-state index in [4.69, 9.17) is 4.74 Å². The number of aromatic nitrogens is 4. The van der Waals surface area contributed by atoms with Crippen LogP contribution in [0.5, 0.6) is 0 Å². The van der Waals surface area contributed by atoms with Crippen LogP contribution < -0.4 is 15.8 Å². The number of hydrogen-bond acceptors (Lipinski definition) is 8. The molecule has 0 aromatic carbocycles. The molecule has 1 amide bonds. The number of amides is 1. The summed E-state index contributed by atoms with van der Waals surface area (Å²) in [5, 5.41) is 3.26. The van der Waals surface area contributed by atoms with Crippen LogP contribution in [0.4, 0.5) is 17.3 Å². The van der Waals surface area contributed by atoms with Gasteiger partial charge in [0.1, 0.15) is 29.6 Å². The number of anilines is 3. The van der Waals surface area contributed by atoms with E-state index < -0.39 is 5.97 Å². The molecular weight excluding hydrogens is 606 g/mol. The predicted octanol–water partition coefficient (Wildman–Crippen LogP) is 5.28. The second kappa shape index (κ2) is 13.4. The number of rotatable bonds is 8. The lowest BCUT2D eigenvalue weighted by Gasteiger charge is -2.31.